The van der Waals surface area contributed by atoms with E-state index in [2.05, 4.69) is 6.07 Å². The summed E-state index contributed by atoms with van der Waals surface area (Å²) in [5.74, 6) is 0. The molecule has 1 aliphatic rings. The monoisotopic (exact) mass is 237 g/mol. The fraction of sp³-hybridized carbons (Fsp3) is 0.571. The smallest absolute Gasteiger partial charge is 0.119 e. The van der Waals surface area contributed by atoms with Crippen LogP contribution in [0.2, 0.25) is 0 Å². The molecule has 17 heavy (non-hydrogen) atoms. The maximum Gasteiger partial charge on any atom is 0.119 e. The van der Waals surface area contributed by atoms with Crippen LogP contribution in [0, 0.1) is 0 Å². The average Bonchev–Trinajstić information content (AvgIpc) is 2.30. The standard InChI is InChI=1S/C14H20FNO/c15-14(5-8-17-9-6-14)11-13-3-1-2-12(10-13)4-7-16/h1-3,10H,4-9,11,16H2. The zero-order valence-electron chi connectivity index (χ0n) is 10.1. The van der Waals surface area contributed by atoms with Crippen molar-refractivity contribution in [3.05, 3.63) is 35.4 Å². The van der Waals surface area contributed by atoms with Crippen LogP contribution in [0.4, 0.5) is 4.39 Å². The molecule has 2 nitrogen and oxygen atoms in total. The van der Waals surface area contributed by atoms with Gasteiger partial charge >= 0.3 is 0 Å². The zero-order chi connectivity index (χ0) is 12.1. The molecule has 0 amide bonds. The topological polar surface area (TPSA) is 35.2 Å². The summed E-state index contributed by atoms with van der Waals surface area (Å²) in [6, 6.07) is 8.11. The fourth-order valence-electron chi connectivity index (χ4n) is 2.34. The third-order valence-electron chi connectivity index (χ3n) is 3.33. The molecule has 1 saturated heterocycles. The van der Waals surface area contributed by atoms with Gasteiger partial charge in [-0.1, -0.05) is 24.3 Å². The molecule has 0 aliphatic carbocycles. The molecule has 0 bridgehead atoms. The molecule has 0 saturated carbocycles. The summed E-state index contributed by atoms with van der Waals surface area (Å²) in [7, 11) is 0. The minimum absolute atomic E-state index is 0.495. The number of ether oxygens (including phenoxy) is 1. The Bertz CT molecular complexity index is 361. The molecule has 0 aromatic heterocycles. The van der Waals surface area contributed by atoms with E-state index in [1.807, 2.05) is 18.2 Å². The van der Waals surface area contributed by atoms with Crippen molar-refractivity contribution in [3.8, 4) is 0 Å². The molecule has 2 rings (SSSR count). The first kappa shape index (κ1) is 12.5. The lowest BCUT2D eigenvalue weighted by Crippen LogP contribution is -2.33. The molecule has 1 aromatic carbocycles. The lowest BCUT2D eigenvalue weighted by Gasteiger charge is -2.29. The molecule has 1 fully saturated rings. The van der Waals surface area contributed by atoms with Gasteiger partial charge in [0.1, 0.15) is 5.67 Å². The van der Waals surface area contributed by atoms with E-state index in [1.165, 1.54) is 5.56 Å². The van der Waals surface area contributed by atoms with Crippen LogP contribution < -0.4 is 5.73 Å². The second-order valence-electron chi connectivity index (χ2n) is 4.80. The lowest BCUT2D eigenvalue weighted by atomic mass is 9.88. The number of rotatable bonds is 4. The van der Waals surface area contributed by atoms with Gasteiger partial charge in [-0.15, -0.1) is 0 Å². The van der Waals surface area contributed by atoms with Gasteiger partial charge in [0.2, 0.25) is 0 Å². The highest BCUT2D eigenvalue weighted by Gasteiger charge is 2.32. The quantitative estimate of drug-likeness (QED) is 0.871. The molecule has 94 valence electrons. The molecule has 3 heteroatoms. The molecule has 1 aliphatic heterocycles. The van der Waals surface area contributed by atoms with Gasteiger partial charge in [-0.3, -0.25) is 0 Å². The van der Waals surface area contributed by atoms with Crippen molar-refractivity contribution >= 4 is 0 Å². The Balaban J connectivity index is 2.04. The highest BCUT2D eigenvalue weighted by molar-refractivity contribution is 5.25. The molecule has 2 N–H and O–H groups in total. The van der Waals surface area contributed by atoms with E-state index in [0.717, 1.165) is 12.0 Å². The van der Waals surface area contributed by atoms with Crippen LogP contribution in [0.5, 0.6) is 0 Å². The first-order chi connectivity index (χ1) is 8.22. The van der Waals surface area contributed by atoms with Crippen molar-refractivity contribution in [3.63, 3.8) is 0 Å². The van der Waals surface area contributed by atoms with Gasteiger partial charge in [0.05, 0.1) is 0 Å². The summed E-state index contributed by atoms with van der Waals surface area (Å²) >= 11 is 0. The Kier molecular flexibility index (Phi) is 4.13. The third-order valence-corrected chi connectivity index (χ3v) is 3.33. The zero-order valence-corrected chi connectivity index (χ0v) is 10.1. The van der Waals surface area contributed by atoms with E-state index >= 15 is 0 Å². The Hall–Kier alpha value is -0.930. The van der Waals surface area contributed by atoms with Gasteiger partial charge < -0.3 is 10.5 Å². The van der Waals surface area contributed by atoms with Gasteiger partial charge in [-0.25, -0.2) is 4.39 Å². The molecular weight excluding hydrogens is 217 g/mol. The summed E-state index contributed by atoms with van der Waals surface area (Å²) in [6.07, 6.45) is 2.37. The van der Waals surface area contributed by atoms with Crippen LogP contribution in [0.25, 0.3) is 0 Å². The van der Waals surface area contributed by atoms with E-state index in [4.69, 9.17) is 10.5 Å². The van der Waals surface area contributed by atoms with Crippen molar-refractivity contribution < 1.29 is 9.13 Å². The minimum Gasteiger partial charge on any atom is -0.381 e. The Morgan fingerprint density at radius 1 is 1.24 bits per heavy atom. The molecule has 0 spiro atoms. The van der Waals surface area contributed by atoms with Crippen LogP contribution in [0.1, 0.15) is 24.0 Å². The molecule has 1 heterocycles. The second-order valence-corrected chi connectivity index (χ2v) is 4.80. The Morgan fingerprint density at radius 2 is 1.94 bits per heavy atom. The molecule has 0 radical (unpaired) electrons. The summed E-state index contributed by atoms with van der Waals surface area (Å²) in [6.45, 7) is 1.72. The van der Waals surface area contributed by atoms with Crippen molar-refractivity contribution in [2.24, 2.45) is 5.73 Å². The van der Waals surface area contributed by atoms with Gasteiger partial charge in [-0.05, 0) is 24.1 Å². The van der Waals surface area contributed by atoms with Crippen molar-refractivity contribution in [2.45, 2.75) is 31.4 Å². The van der Waals surface area contributed by atoms with Crippen LogP contribution in [-0.4, -0.2) is 25.4 Å². The lowest BCUT2D eigenvalue weighted by molar-refractivity contribution is -0.00816. The molecule has 1 aromatic rings. The van der Waals surface area contributed by atoms with E-state index in [0.29, 0.717) is 39.0 Å². The average molecular weight is 237 g/mol. The summed E-state index contributed by atoms with van der Waals surface area (Å²) < 4.78 is 19.7. The molecular formula is C14H20FNO. The highest BCUT2D eigenvalue weighted by Crippen LogP contribution is 2.29. The number of alkyl halides is 1. The van der Waals surface area contributed by atoms with Crippen molar-refractivity contribution in [2.75, 3.05) is 19.8 Å². The predicted octanol–water partition coefficient (Wildman–Crippen LogP) is 2.25. The van der Waals surface area contributed by atoms with E-state index < -0.39 is 5.67 Å². The number of nitrogens with two attached hydrogens (primary N) is 1. The predicted molar refractivity (Wildman–Crippen MR) is 66.8 cm³/mol. The van der Waals surface area contributed by atoms with Gasteiger partial charge in [0.25, 0.3) is 0 Å². The summed E-state index contributed by atoms with van der Waals surface area (Å²) in [5, 5.41) is 0. The summed E-state index contributed by atoms with van der Waals surface area (Å²) in [4.78, 5) is 0. The fourth-order valence-corrected chi connectivity index (χ4v) is 2.34. The van der Waals surface area contributed by atoms with Crippen molar-refractivity contribution in [1.82, 2.24) is 0 Å². The first-order valence-corrected chi connectivity index (χ1v) is 6.26. The second kappa shape index (κ2) is 5.61. The van der Waals surface area contributed by atoms with Crippen LogP contribution in [0.3, 0.4) is 0 Å². The Labute approximate surface area is 102 Å². The largest absolute Gasteiger partial charge is 0.381 e. The van der Waals surface area contributed by atoms with Crippen LogP contribution in [-0.2, 0) is 17.6 Å². The normalized spacial score (nSPS) is 19.2. The van der Waals surface area contributed by atoms with E-state index in [1.54, 1.807) is 0 Å². The van der Waals surface area contributed by atoms with Gasteiger partial charge in [0, 0.05) is 32.5 Å². The Morgan fingerprint density at radius 3 is 2.65 bits per heavy atom. The van der Waals surface area contributed by atoms with E-state index in [9.17, 15) is 4.39 Å². The van der Waals surface area contributed by atoms with Gasteiger partial charge in [-0.2, -0.15) is 0 Å². The highest BCUT2D eigenvalue weighted by atomic mass is 19.1. The van der Waals surface area contributed by atoms with Gasteiger partial charge in [0.15, 0.2) is 0 Å². The number of halogens is 1. The first-order valence-electron chi connectivity index (χ1n) is 6.26. The van der Waals surface area contributed by atoms with Crippen LogP contribution >= 0.6 is 0 Å². The SMILES string of the molecule is NCCc1cccc(CC2(F)CCOCC2)c1. The summed E-state index contributed by atoms with van der Waals surface area (Å²) in [5.41, 5.74) is 6.71. The van der Waals surface area contributed by atoms with E-state index in [-0.39, 0.29) is 0 Å². The number of hydrogen-bond acceptors (Lipinski definition) is 2. The van der Waals surface area contributed by atoms with Crippen molar-refractivity contribution in [1.29, 1.82) is 0 Å². The maximum atomic E-state index is 14.5. The minimum atomic E-state index is -1.08. The third kappa shape index (κ3) is 3.51. The molecule has 0 unspecified atom stereocenters. The molecule has 0 atom stereocenters. The maximum absolute atomic E-state index is 14.5. The number of hydrogen-bond donors (Lipinski definition) is 1. The number of benzene rings is 1. The van der Waals surface area contributed by atoms with Crippen LogP contribution in [0.15, 0.2) is 24.3 Å².